The number of halogens is 1. The molecular weight excluding hydrogens is 569 g/mol. The number of hydrogen-bond acceptors (Lipinski definition) is 12. The van der Waals surface area contributed by atoms with Crippen molar-refractivity contribution in [2.24, 2.45) is 5.41 Å². The first-order valence-corrected chi connectivity index (χ1v) is 16.2. The van der Waals surface area contributed by atoms with Crippen molar-refractivity contribution in [1.29, 1.82) is 10.5 Å². The van der Waals surface area contributed by atoms with Gasteiger partial charge in [0.1, 0.15) is 28.9 Å². The minimum absolute atomic E-state index is 0.0815. The largest absolute Gasteiger partial charge is 0.463 e. The lowest BCUT2D eigenvalue weighted by molar-refractivity contribution is 0.0231. The molecule has 13 heteroatoms. The molecule has 1 spiro atoms. The zero-order chi connectivity index (χ0) is 29.3. The Bertz CT molecular complexity index is 1510. The summed E-state index contributed by atoms with van der Waals surface area (Å²) in [6.45, 7) is 7.06. The smallest absolute Gasteiger partial charge is 0.320 e. The maximum Gasteiger partial charge on any atom is 0.320 e. The highest BCUT2D eigenvalue weighted by Gasteiger charge is 2.58. The summed E-state index contributed by atoms with van der Waals surface area (Å²) in [4.78, 5) is 17.2. The summed E-state index contributed by atoms with van der Waals surface area (Å²) in [5.41, 5.74) is 6.96. The number of anilines is 3. The number of aromatic nitrogens is 2. The number of thiophene rings is 1. The maximum atomic E-state index is 15.6. The van der Waals surface area contributed by atoms with Crippen molar-refractivity contribution in [3.8, 4) is 18.1 Å². The minimum Gasteiger partial charge on any atom is -0.463 e. The van der Waals surface area contributed by atoms with Gasteiger partial charge in [-0.05, 0) is 31.2 Å². The Labute approximate surface area is 254 Å². The van der Waals surface area contributed by atoms with Crippen LogP contribution in [0.4, 0.5) is 21.0 Å². The van der Waals surface area contributed by atoms with Crippen LogP contribution in [0.5, 0.6) is 6.01 Å². The first-order valence-electron chi connectivity index (χ1n) is 15.4. The molecule has 11 nitrogen and oxygen atoms in total. The number of ether oxygens (including phenoxy) is 2. The number of hydrogen-bond donors (Lipinski definition) is 2. The number of piperazine rings is 1. The number of nitriles is 2. The number of fused-ring (bicyclic) bond motifs is 4. The topological polar surface area (TPSA) is 140 Å². The van der Waals surface area contributed by atoms with E-state index in [1.807, 2.05) is 4.90 Å². The van der Waals surface area contributed by atoms with Crippen molar-refractivity contribution in [2.75, 3.05) is 81.2 Å². The Morgan fingerprint density at radius 1 is 1.05 bits per heavy atom. The number of nitrogens with two attached hydrogens (primary N) is 1. The summed E-state index contributed by atoms with van der Waals surface area (Å²) in [6.07, 6.45) is 3.56. The quantitative estimate of drug-likeness (QED) is 0.479. The molecule has 226 valence electrons. The van der Waals surface area contributed by atoms with Gasteiger partial charge in [-0.15, -0.1) is 11.3 Å². The SMILES string of the molecule is N#Cc1c(N2C[C@H]3CC[C@@H](C2)N3)nc(OCC2(CN3CCOCC3)CC2)nc1N1CC2(C1)c1c(sc(N)c1C#N)C[C@H]2F. The summed E-state index contributed by atoms with van der Waals surface area (Å²) in [6, 6.07) is 5.61. The van der Waals surface area contributed by atoms with Crippen LogP contribution in [0.3, 0.4) is 0 Å². The summed E-state index contributed by atoms with van der Waals surface area (Å²) < 4.78 is 27.5. The van der Waals surface area contributed by atoms with E-state index in [0.29, 0.717) is 59.5 Å². The lowest BCUT2D eigenvalue weighted by atomic mass is 9.72. The standard InChI is InChI=1S/C30H36FN9O2S/c31-23-9-22-24(20(10-32)25(34)43-22)30(23)15-40(16-30)27-21(11-33)26(39-12-18-1-2-19(13-39)35-18)36-28(37-27)42-17-29(3-4-29)14-38-5-7-41-8-6-38/h18-19,23,35H,1-9,12-17,34H2/t18-,19+,23-/m1/s1. The van der Waals surface area contributed by atoms with E-state index in [1.54, 1.807) is 0 Å². The minimum atomic E-state index is -1.11. The first kappa shape index (κ1) is 27.3. The molecule has 0 unspecified atom stereocenters. The van der Waals surface area contributed by atoms with E-state index in [4.69, 9.17) is 25.2 Å². The van der Waals surface area contributed by atoms with E-state index < -0.39 is 11.6 Å². The van der Waals surface area contributed by atoms with Crippen LogP contribution in [0.2, 0.25) is 0 Å². The highest BCUT2D eigenvalue weighted by Crippen LogP contribution is 2.54. The van der Waals surface area contributed by atoms with Gasteiger partial charge in [0, 0.05) is 74.6 Å². The molecule has 4 saturated heterocycles. The van der Waals surface area contributed by atoms with Gasteiger partial charge in [-0.25, -0.2) is 4.39 Å². The van der Waals surface area contributed by atoms with E-state index in [9.17, 15) is 10.5 Å². The van der Waals surface area contributed by atoms with Crippen LogP contribution in [0.1, 0.15) is 47.3 Å². The molecule has 8 rings (SSSR count). The molecule has 2 aliphatic carbocycles. The maximum absolute atomic E-state index is 15.6. The number of nitrogen functional groups attached to an aromatic ring is 1. The Kier molecular flexibility index (Phi) is 6.46. The fourth-order valence-corrected chi connectivity index (χ4v) is 9.07. The van der Waals surface area contributed by atoms with Gasteiger partial charge in [-0.3, -0.25) is 4.90 Å². The van der Waals surface area contributed by atoms with Crippen molar-refractivity contribution in [3.63, 3.8) is 0 Å². The Morgan fingerprint density at radius 2 is 1.72 bits per heavy atom. The summed E-state index contributed by atoms with van der Waals surface area (Å²) in [7, 11) is 0. The highest BCUT2D eigenvalue weighted by molar-refractivity contribution is 7.16. The summed E-state index contributed by atoms with van der Waals surface area (Å²) in [5.74, 6) is 1.08. The molecule has 3 N–H and O–H groups in total. The van der Waals surface area contributed by atoms with Gasteiger partial charge in [0.2, 0.25) is 0 Å². The predicted molar refractivity (Wildman–Crippen MR) is 159 cm³/mol. The second-order valence-electron chi connectivity index (χ2n) is 13.3. The van der Waals surface area contributed by atoms with E-state index in [0.717, 1.165) is 82.1 Å². The molecule has 0 aromatic carbocycles. The second-order valence-corrected chi connectivity index (χ2v) is 14.4. The van der Waals surface area contributed by atoms with E-state index in [1.165, 1.54) is 11.3 Å². The molecule has 6 heterocycles. The number of nitrogens with zero attached hydrogens (tertiary/aromatic N) is 7. The van der Waals surface area contributed by atoms with Crippen molar-refractivity contribution in [1.82, 2.24) is 20.2 Å². The van der Waals surface area contributed by atoms with Gasteiger partial charge < -0.3 is 30.3 Å². The molecule has 3 atom stereocenters. The predicted octanol–water partition coefficient (Wildman–Crippen LogP) is 1.95. The van der Waals surface area contributed by atoms with Crippen LogP contribution < -0.4 is 25.6 Å². The molecule has 2 aromatic heterocycles. The van der Waals surface area contributed by atoms with Gasteiger partial charge in [-0.2, -0.15) is 20.5 Å². The average Bonchev–Trinajstić information content (AvgIpc) is 3.45. The zero-order valence-corrected chi connectivity index (χ0v) is 25.0. The molecule has 4 aliphatic heterocycles. The van der Waals surface area contributed by atoms with Crippen LogP contribution in [0.25, 0.3) is 0 Å². The van der Waals surface area contributed by atoms with Crippen LogP contribution in [0, 0.1) is 28.1 Å². The highest BCUT2D eigenvalue weighted by atomic mass is 32.1. The monoisotopic (exact) mass is 605 g/mol. The van der Waals surface area contributed by atoms with E-state index >= 15 is 4.39 Å². The van der Waals surface area contributed by atoms with E-state index in [-0.39, 0.29) is 17.8 Å². The Balaban J connectivity index is 1.10. The van der Waals surface area contributed by atoms with Crippen molar-refractivity contribution in [3.05, 3.63) is 21.6 Å². The molecular formula is C30H36FN9O2S. The normalized spacial score (nSPS) is 28.3. The van der Waals surface area contributed by atoms with Gasteiger partial charge >= 0.3 is 6.01 Å². The average molecular weight is 606 g/mol. The lowest BCUT2D eigenvalue weighted by Gasteiger charge is -2.50. The molecule has 2 aromatic rings. The third-order valence-electron chi connectivity index (χ3n) is 10.4. The summed E-state index contributed by atoms with van der Waals surface area (Å²) >= 11 is 1.32. The Hall–Kier alpha value is -3.23. The van der Waals surface area contributed by atoms with Gasteiger partial charge in [0.15, 0.2) is 11.6 Å². The lowest BCUT2D eigenvalue weighted by Crippen LogP contribution is -2.63. The third-order valence-corrected chi connectivity index (χ3v) is 11.5. The zero-order valence-electron chi connectivity index (χ0n) is 24.1. The molecule has 5 fully saturated rings. The van der Waals surface area contributed by atoms with Crippen LogP contribution in [-0.4, -0.2) is 98.8 Å². The fourth-order valence-electron chi connectivity index (χ4n) is 7.92. The molecule has 0 radical (unpaired) electrons. The second kappa shape index (κ2) is 10.2. The number of rotatable bonds is 7. The van der Waals surface area contributed by atoms with Crippen molar-refractivity contribution >= 4 is 28.0 Å². The van der Waals surface area contributed by atoms with Gasteiger partial charge in [-0.1, -0.05) is 0 Å². The molecule has 6 aliphatic rings. The molecule has 2 bridgehead atoms. The van der Waals surface area contributed by atoms with Gasteiger partial charge in [0.05, 0.1) is 30.8 Å². The van der Waals surface area contributed by atoms with E-state index in [2.05, 4.69) is 27.3 Å². The van der Waals surface area contributed by atoms with Crippen LogP contribution in [0.15, 0.2) is 0 Å². The van der Waals surface area contributed by atoms with Crippen molar-refractivity contribution in [2.45, 2.75) is 55.8 Å². The van der Waals surface area contributed by atoms with Crippen LogP contribution >= 0.6 is 11.3 Å². The molecule has 0 amide bonds. The number of alkyl halides is 1. The van der Waals surface area contributed by atoms with Crippen molar-refractivity contribution < 1.29 is 13.9 Å². The third kappa shape index (κ3) is 4.51. The fraction of sp³-hybridized carbons (Fsp3) is 0.667. The van der Waals surface area contributed by atoms with Crippen LogP contribution in [-0.2, 0) is 16.6 Å². The number of morpholine rings is 1. The Morgan fingerprint density at radius 3 is 2.37 bits per heavy atom. The molecule has 1 saturated carbocycles. The first-order chi connectivity index (χ1) is 20.9. The molecule has 43 heavy (non-hydrogen) atoms. The van der Waals surface area contributed by atoms with Gasteiger partial charge in [0.25, 0.3) is 0 Å². The summed E-state index contributed by atoms with van der Waals surface area (Å²) in [5, 5.41) is 24.4. The number of nitrogens with one attached hydrogen (secondary N) is 1.